The van der Waals surface area contributed by atoms with E-state index >= 15 is 0 Å². The van der Waals surface area contributed by atoms with Crippen molar-refractivity contribution in [3.05, 3.63) is 82.6 Å². The van der Waals surface area contributed by atoms with Gasteiger partial charge in [-0.3, -0.25) is 0 Å². The predicted octanol–water partition coefficient (Wildman–Crippen LogP) is 13.0. The van der Waals surface area contributed by atoms with Crippen LogP contribution in [0.15, 0.2) is 71.4 Å². The Kier molecular flexibility index (Phi) is 18.5. The SMILES string of the molecule is COc1ccc(OCCCCCCCCCCc2ccsc2-c2sccc2CCCCCCCCCCOc2ccc(OC)cc2)cc1. The third-order valence-electron chi connectivity index (χ3n) is 9.04. The van der Waals surface area contributed by atoms with Gasteiger partial charge in [0.1, 0.15) is 23.0 Å². The normalized spacial score (nSPS) is 11.1. The summed E-state index contributed by atoms with van der Waals surface area (Å²) in [6, 6.07) is 20.5. The topological polar surface area (TPSA) is 36.9 Å². The maximum atomic E-state index is 5.85. The Morgan fingerprint density at radius 1 is 0.375 bits per heavy atom. The van der Waals surface area contributed by atoms with E-state index in [9.17, 15) is 0 Å². The van der Waals surface area contributed by atoms with Crippen LogP contribution in [0.3, 0.4) is 0 Å². The summed E-state index contributed by atoms with van der Waals surface area (Å²) < 4.78 is 22.1. The van der Waals surface area contributed by atoms with Crippen molar-refractivity contribution in [2.24, 2.45) is 0 Å². The Labute approximate surface area is 298 Å². The molecule has 48 heavy (non-hydrogen) atoms. The molecule has 2 aromatic carbocycles. The molecule has 2 aromatic heterocycles. The number of ether oxygens (including phenoxy) is 4. The van der Waals surface area contributed by atoms with Crippen molar-refractivity contribution in [1.29, 1.82) is 0 Å². The molecule has 0 saturated carbocycles. The molecule has 4 rings (SSSR count). The Morgan fingerprint density at radius 3 is 1.04 bits per heavy atom. The molecule has 0 N–H and O–H groups in total. The molecule has 0 fully saturated rings. The molecule has 4 nitrogen and oxygen atoms in total. The van der Waals surface area contributed by atoms with E-state index in [2.05, 4.69) is 22.9 Å². The molecule has 0 aliphatic heterocycles. The van der Waals surface area contributed by atoms with E-state index in [-0.39, 0.29) is 0 Å². The minimum atomic E-state index is 0.798. The van der Waals surface area contributed by atoms with Gasteiger partial charge in [0.05, 0.1) is 27.4 Å². The lowest BCUT2D eigenvalue weighted by molar-refractivity contribution is 0.303. The first-order valence-corrected chi connectivity index (χ1v) is 20.2. The summed E-state index contributed by atoms with van der Waals surface area (Å²) in [5.41, 5.74) is 3.13. The number of hydrogen-bond donors (Lipinski definition) is 0. The van der Waals surface area contributed by atoms with Crippen LogP contribution in [-0.4, -0.2) is 27.4 Å². The molecular weight excluding hydrogens is 633 g/mol. The lowest BCUT2D eigenvalue weighted by Crippen LogP contribution is -1.97. The second-order valence-corrected chi connectivity index (χ2v) is 14.6. The van der Waals surface area contributed by atoms with Crippen LogP contribution in [0.5, 0.6) is 23.0 Å². The molecule has 0 saturated heterocycles. The molecule has 0 aliphatic rings. The zero-order valence-corrected chi connectivity index (χ0v) is 31.2. The number of aryl methyl sites for hydroxylation is 2. The molecule has 4 aromatic rings. The average Bonchev–Trinajstić information content (AvgIpc) is 3.79. The van der Waals surface area contributed by atoms with Crippen LogP contribution in [0.4, 0.5) is 0 Å². The molecule has 0 spiro atoms. The van der Waals surface area contributed by atoms with Gasteiger partial charge in [-0.1, -0.05) is 77.0 Å². The fourth-order valence-electron chi connectivity index (χ4n) is 6.14. The second kappa shape index (κ2) is 23.4. The van der Waals surface area contributed by atoms with Crippen molar-refractivity contribution in [1.82, 2.24) is 0 Å². The van der Waals surface area contributed by atoms with Crippen LogP contribution in [0.1, 0.15) is 114 Å². The molecule has 0 atom stereocenters. The van der Waals surface area contributed by atoms with Crippen LogP contribution in [0.25, 0.3) is 9.75 Å². The van der Waals surface area contributed by atoms with Gasteiger partial charge in [-0.2, -0.15) is 0 Å². The Hall–Kier alpha value is -2.96. The molecule has 0 aliphatic carbocycles. The van der Waals surface area contributed by atoms with E-state index in [0.29, 0.717) is 0 Å². The van der Waals surface area contributed by atoms with E-state index < -0.39 is 0 Å². The summed E-state index contributed by atoms with van der Waals surface area (Å²) in [5, 5.41) is 4.61. The first kappa shape index (κ1) is 37.9. The van der Waals surface area contributed by atoms with Gasteiger partial charge >= 0.3 is 0 Å². The van der Waals surface area contributed by atoms with Crippen molar-refractivity contribution in [3.8, 4) is 32.8 Å². The second-order valence-electron chi connectivity index (χ2n) is 12.8. The number of thiophene rings is 2. The van der Waals surface area contributed by atoms with Crippen molar-refractivity contribution in [3.63, 3.8) is 0 Å². The van der Waals surface area contributed by atoms with E-state index in [1.165, 1.54) is 112 Å². The number of unbranched alkanes of at least 4 members (excludes halogenated alkanes) is 14. The highest BCUT2D eigenvalue weighted by Crippen LogP contribution is 2.38. The molecule has 0 unspecified atom stereocenters. The fourth-order valence-corrected chi connectivity index (χ4v) is 8.29. The van der Waals surface area contributed by atoms with Gasteiger partial charge in [-0.05, 0) is 121 Å². The third kappa shape index (κ3) is 14.3. The predicted molar refractivity (Wildman–Crippen MR) is 206 cm³/mol. The van der Waals surface area contributed by atoms with E-state index in [1.54, 1.807) is 25.3 Å². The highest BCUT2D eigenvalue weighted by Gasteiger charge is 2.13. The monoisotopic (exact) mass is 690 g/mol. The Balaban J connectivity index is 0.977. The van der Waals surface area contributed by atoms with E-state index in [4.69, 9.17) is 18.9 Å². The van der Waals surface area contributed by atoms with Crippen LogP contribution in [0, 0.1) is 0 Å². The van der Waals surface area contributed by atoms with Crippen molar-refractivity contribution >= 4 is 22.7 Å². The minimum Gasteiger partial charge on any atom is -0.497 e. The third-order valence-corrected chi connectivity index (χ3v) is 11.1. The fraction of sp³-hybridized carbons (Fsp3) is 0.524. The molecule has 0 amide bonds. The van der Waals surface area contributed by atoms with Crippen LogP contribution >= 0.6 is 22.7 Å². The van der Waals surface area contributed by atoms with Crippen LogP contribution in [-0.2, 0) is 12.8 Å². The Bertz CT molecular complexity index is 1250. The number of methoxy groups -OCH3 is 2. The van der Waals surface area contributed by atoms with Crippen LogP contribution < -0.4 is 18.9 Å². The number of hydrogen-bond acceptors (Lipinski definition) is 6. The largest absolute Gasteiger partial charge is 0.497 e. The van der Waals surface area contributed by atoms with Gasteiger partial charge in [-0.25, -0.2) is 0 Å². The first-order chi connectivity index (χ1) is 23.8. The quantitative estimate of drug-likeness (QED) is 0.0584. The molecular formula is C42H58O4S2. The molecule has 2 heterocycles. The van der Waals surface area contributed by atoms with Gasteiger partial charge < -0.3 is 18.9 Å². The summed E-state index contributed by atoms with van der Waals surface area (Å²) >= 11 is 3.88. The minimum absolute atomic E-state index is 0.798. The van der Waals surface area contributed by atoms with Gasteiger partial charge in [0.15, 0.2) is 0 Å². The van der Waals surface area contributed by atoms with Crippen LogP contribution in [0.2, 0.25) is 0 Å². The average molecular weight is 691 g/mol. The summed E-state index contributed by atoms with van der Waals surface area (Å²) in [6.45, 7) is 1.60. The maximum absolute atomic E-state index is 5.85. The molecule has 0 bridgehead atoms. The molecule has 6 heteroatoms. The lowest BCUT2D eigenvalue weighted by atomic mass is 10.0. The maximum Gasteiger partial charge on any atom is 0.119 e. The van der Waals surface area contributed by atoms with E-state index in [1.807, 2.05) is 71.2 Å². The Morgan fingerprint density at radius 2 is 0.688 bits per heavy atom. The van der Waals surface area contributed by atoms with Gasteiger partial charge in [-0.15, -0.1) is 22.7 Å². The van der Waals surface area contributed by atoms with Crippen molar-refractivity contribution < 1.29 is 18.9 Å². The van der Waals surface area contributed by atoms with Gasteiger partial charge in [0.2, 0.25) is 0 Å². The highest BCUT2D eigenvalue weighted by molar-refractivity contribution is 7.20. The lowest BCUT2D eigenvalue weighted by Gasteiger charge is -2.08. The zero-order valence-electron chi connectivity index (χ0n) is 29.5. The molecule has 0 radical (unpaired) electrons. The summed E-state index contributed by atoms with van der Waals surface area (Å²) in [7, 11) is 3.38. The summed E-state index contributed by atoms with van der Waals surface area (Å²) in [6.07, 6.45) is 23.2. The number of benzene rings is 2. The summed E-state index contributed by atoms with van der Waals surface area (Å²) in [5.74, 6) is 3.60. The zero-order chi connectivity index (χ0) is 33.5. The van der Waals surface area contributed by atoms with Gasteiger partial charge in [0.25, 0.3) is 0 Å². The number of rotatable bonds is 27. The summed E-state index contributed by atoms with van der Waals surface area (Å²) in [4.78, 5) is 3.07. The molecule has 262 valence electrons. The first-order valence-electron chi connectivity index (χ1n) is 18.4. The standard InChI is InChI=1S/C42H58O4S2/c1-43-37-21-25-39(26-22-37)45-31-17-13-9-5-3-7-11-15-19-35-29-33-47-41(35)42-36(30-34-48-42)20-16-12-8-4-6-10-14-18-32-46-40-27-23-38(44-2)24-28-40/h21-30,33-34H,3-20,31-32H2,1-2H3. The highest BCUT2D eigenvalue weighted by atomic mass is 32.1. The smallest absolute Gasteiger partial charge is 0.119 e. The van der Waals surface area contributed by atoms with Gasteiger partial charge in [0, 0.05) is 9.75 Å². The van der Waals surface area contributed by atoms with Crippen molar-refractivity contribution in [2.45, 2.75) is 116 Å². The van der Waals surface area contributed by atoms with Crippen molar-refractivity contribution in [2.75, 3.05) is 27.4 Å². The van der Waals surface area contributed by atoms with E-state index in [0.717, 1.165) is 49.1 Å².